The molecule has 2 aromatic heterocycles. The fraction of sp³-hybridized carbons (Fsp3) is 0.350. The number of pyridine rings is 1. The smallest absolute Gasteiger partial charge is 0.161 e. The van der Waals surface area contributed by atoms with Gasteiger partial charge in [0.15, 0.2) is 17.3 Å². The second kappa shape index (κ2) is 7.08. The summed E-state index contributed by atoms with van der Waals surface area (Å²) in [6.45, 7) is 6.02. The number of nitrogens with zero attached hydrogens (tertiary/aromatic N) is 2. The third-order valence-corrected chi connectivity index (χ3v) is 5.23. The van der Waals surface area contributed by atoms with Gasteiger partial charge in [-0.3, -0.25) is 0 Å². The molecule has 0 bridgehead atoms. The Morgan fingerprint density at radius 2 is 1.77 bits per heavy atom. The zero-order valence-corrected chi connectivity index (χ0v) is 16.4. The number of aryl methyl sites for hydroxylation is 2. The van der Waals surface area contributed by atoms with Crippen LogP contribution >= 0.6 is 12.4 Å². The van der Waals surface area contributed by atoms with Crippen molar-refractivity contribution in [3.05, 3.63) is 46.8 Å². The standard InChI is InChI=1S/C20H23N3O2.ClH/c1-12-13(2)22-19-16(12)5-7-21-20(19)23-8-6-14-9-17(24-3)18(25-4)10-15(14)11-23;/h5,7,9-10,22H,6,8,11H2,1-4H3;1H. The lowest BCUT2D eigenvalue weighted by Crippen LogP contribution is -2.31. The van der Waals surface area contributed by atoms with Crippen LogP contribution in [0.3, 0.4) is 0 Å². The van der Waals surface area contributed by atoms with E-state index in [0.717, 1.165) is 42.3 Å². The molecule has 0 atom stereocenters. The number of aromatic amines is 1. The number of fused-ring (bicyclic) bond motifs is 2. The number of H-pyrrole nitrogens is 1. The monoisotopic (exact) mass is 373 g/mol. The highest BCUT2D eigenvalue weighted by molar-refractivity contribution is 5.92. The molecule has 1 aromatic carbocycles. The summed E-state index contributed by atoms with van der Waals surface area (Å²) in [5.74, 6) is 2.60. The molecule has 5 nitrogen and oxygen atoms in total. The van der Waals surface area contributed by atoms with Crippen molar-refractivity contribution in [2.45, 2.75) is 26.8 Å². The Labute approximate surface area is 159 Å². The highest BCUT2D eigenvalue weighted by Crippen LogP contribution is 2.35. The maximum atomic E-state index is 5.47. The van der Waals surface area contributed by atoms with E-state index in [9.17, 15) is 0 Å². The molecule has 0 saturated carbocycles. The van der Waals surface area contributed by atoms with Crippen LogP contribution in [0.1, 0.15) is 22.4 Å². The molecule has 0 amide bonds. The molecule has 138 valence electrons. The molecular formula is C20H24ClN3O2. The molecule has 0 unspecified atom stereocenters. The average Bonchev–Trinajstić information content (AvgIpc) is 2.94. The van der Waals surface area contributed by atoms with E-state index in [0.29, 0.717) is 0 Å². The Kier molecular flexibility index (Phi) is 5.01. The van der Waals surface area contributed by atoms with Gasteiger partial charge in [-0.2, -0.15) is 0 Å². The first-order valence-electron chi connectivity index (χ1n) is 8.55. The van der Waals surface area contributed by atoms with Gasteiger partial charge in [-0.1, -0.05) is 0 Å². The number of ether oxygens (including phenoxy) is 2. The second-order valence-electron chi connectivity index (χ2n) is 6.58. The molecule has 4 rings (SSSR count). The molecular weight excluding hydrogens is 350 g/mol. The van der Waals surface area contributed by atoms with Gasteiger partial charge in [-0.05, 0) is 55.2 Å². The van der Waals surface area contributed by atoms with Crippen LogP contribution < -0.4 is 14.4 Å². The van der Waals surface area contributed by atoms with Gasteiger partial charge in [0.1, 0.15) is 0 Å². The summed E-state index contributed by atoms with van der Waals surface area (Å²) in [5.41, 5.74) is 6.21. The molecule has 0 saturated heterocycles. The van der Waals surface area contributed by atoms with Crippen LogP contribution in [0.25, 0.3) is 10.9 Å². The Hall–Kier alpha value is -2.40. The largest absolute Gasteiger partial charge is 0.493 e. The molecule has 3 heterocycles. The Morgan fingerprint density at radius 1 is 1.08 bits per heavy atom. The minimum absolute atomic E-state index is 0. The molecule has 0 aliphatic carbocycles. The van der Waals surface area contributed by atoms with Crippen molar-refractivity contribution < 1.29 is 9.47 Å². The number of methoxy groups -OCH3 is 2. The number of halogens is 1. The highest BCUT2D eigenvalue weighted by Gasteiger charge is 2.22. The fourth-order valence-electron chi connectivity index (χ4n) is 3.67. The highest BCUT2D eigenvalue weighted by atomic mass is 35.5. The summed E-state index contributed by atoms with van der Waals surface area (Å²) in [6, 6.07) is 6.28. The molecule has 0 radical (unpaired) electrons. The van der Waals surface area contributed by atoms with E-state index in [2.05, 4.69) is 46.9 Å². The quantitative estimate of drug-likeness (QED) is 0.748. The number of rotatable bonds is 3. The van der Waals surface area contributed by atoms with Gasteiger partial charge in [0.25, 0.3) is 0 Å². The molecule has 1 aliphatic heterocycles. The topological polar surface area (TPSA) is 50.4 Å². The van der Waals surface area contributed by atoms with Crippen LogP contribution in [-0.4, -0.2) is 30.7 Å². The van der Waals surface area contributed by atoms with Crippen molar-refractivity contribution in [1.29, 1.82) is 0 Å². The van der Waals surface area contributed by atoms with Crippen LogP contribution in [0.5, 0.6) is 11.5 Å². The van der Waals surface area contributed by atoms with E-state index in [1.54, 1.807) is 14.2 Å². The predicted octanol–water partition coefficient (Wildman–Crippen LogP) is 4.18. The van der Waals surface area contributed by atoms with Gasteiger partial charge in [0.05, 0.1) is 19.7 Å². The summed E-state index contributed by atoms with van der Waals surface area (Å²) in [5, 5.41) is 1.25. The molecule has 0 spiro atoms. The number of anilines is 1. The predicted molar refractivity (Wildman–Crippen MR) is 107 cm³/mol. The zero-order chi connectivity index (χ0) is 17.6. The van der Waals surface area contributed by atoms with Crippen molar-refractivity contribution >= 4 is 29.1 Å². The minimum Gasteiger partial charge on any atom is -0.493 e. The van der Waals surface area contributed by atoms with E-state index in [1.807, 2.05) is 6.20 Å². The molecule has 3 aromatic rings. The maximum absolute atomic E-state index is 5.47. The maximum Gasteiger partial charge on any atom is 0.161 e. The summed E-state index contributed by atoms with van der Waals surface area (Å²) < 4.78 is 10.9. The minimum atomic E-state index is 0. The van der Waals surface area contributed by atoms with Crippen LogP contribution in [0.4, 0.5) is 5.82 Å². The summed E-state index contributed by atoms with van der Waals surface area (Å²) >= 11 is 0. The number of benzene rings is 1. The molecule has 1 N–H and O–H groups in total. The van der Waals surface area contributed by atoms with Crippen molar-refractivity contribution in [1.82, 2.24) is 9.97 Å². The van der Waals surface area contributed by atoms with Gasteiger partial charge >= 0.3 is 0 Å². The first-order valence-corrected chi connectivity index (χ1v) is 8.55. The van der Waals surface area contributed by atoms with E-state index >= 15 is 0 Å². The first kappa shape index (κ1) is 18.4. The Bertz CT molecular complexity index is 952. The third-order valence-electron chi connectivity index (χ3n) is 5.23. The second-order valence-corrected chi connectivity index (χ2v) is 6.58. The fourth-order valence-corrected chi connectivity index (χ4v) is 3.67. The van der Waals surface area contributed by atoms with Crippen LogP contribution in [0.15, 0.2) is 24.4 Å². The number of hydrogen-bond donors (Lipinski definition) is 1. The Morgan fingerprint density at radius 3 is 2.46 bits per heavy atom. The van der Waals surface area contributed by atoms with Gasteiger partial charge in [0, 0.05) is 30.4 Å². The lowest BCUT2D eigenvalue weighted by atomic mass is 9.98. The van der Waals surface area contributed by atoms with E-state index < -0.39 is 0 Å². The molecule has 6 heteroatoms. The van der Waals surface area contributed by atoms with E-state index in [4.69, 9.17) is 9.47 Å². The van der Waals surface area contributed by atoms with Gasteiger partial charge in [0.2, 0.25) is 0 Å². The van der Waals surface area contributed by atoms with Crippen LogP contribution in [-0.2, 0) is 13.0 Å². The number of hydrogen-bond acceptors (Lipinski definition) is 4. The summed E-state index contributed by atoms with van der Waals surface area (Å²) in [6.07, 6.45) is 2.87. The van der Waals surface area contributed by atoms with Crippen molar-refractivity contribution in [2.75, 3.05) is 25.7 Å². The van der Waals surface area contributed by atoms with Crippen LogP contribution in [0, 0.1) is 13.8 Å². The summed E-state index contributed by atoms with van der Waals surface area (Å²) in [7, 11) is 3.36. The number of aromatic nitrogens is 2. The van der Waals surface area contributed by atoms with Gasteiger partial charge in [-0.15, -0.1) is 12.4 Å². The van der Waals surface area contributed by atoms with E-state index in [1.165, 1.54) is 27.8 Å². The first-order chi connectivity index (χ1) is 12.1. The lowest BCUT2D eigenvalue weighted by Gasteiger charge is -2.30. The van der Waals surface area contributed by atoms with Gasteiger partial charge < -0.3 is 19.4 Å². The third kappa shape index (κ3) is 2.86. The SMILES string of the molecule is COc1cc2c(cc1OC)CN(c1nccc3c(C)c(C)[nH]c13)CC2.Cl. The molecule has 1 aliphatic rings. The van der Waals surface area contributed by atoms with Crippen molar-refractivity contribution in [3.8, 4) is 11.5 Å². The van der Waals surface area contributed by atoms with Crippen molar-refractivity contribution in [3.63, 3.8) is 0 Å². The normalized spacial score (nSPS) is 13.3. The van der Waals surface area contributed by atoms with Crippen LogP contribution in [0.2, 0.25) is 0 Å². The Balaban J connectivity index is 0.00000196. The zero-order valence-electron chi connectivity index (χ0n) is 15.5. The lowest BCUT2D eigenvalue weighted by molar-refractivity contribution is 0.353. The van der Waals surface area contributed by atoms with Gasteiger partial charge in [-0.25, -0.2) is 4.98 Å². The molecule has 0 fully saturated rings. The number of nitrogens with one attached hydrogen (secondary N) is 1. The molecule has 26 heavy (non-hydrogen) atoms. The summed E-state index contributed by atoms with van der Waals surface area (Å²) in [4.78, 5) is 10.5. The van der Waals surface area contributed by atoms with E-state index in [-0.39, 0.29) is 12.4 Å². The van der Waals surface area contributed by atoms with Crippen molar-refractivity contribution in [2.24, 2.45) is 0 Å². The average molecular weight is 374 g/mol.